The molecule has 0 aliphatic carbocycles. The standard InChI is InChI=1S/C45H28N4O.C39H24N4O.C33H22N4/c1-4-13-29(14-5-1)43-46-44(30-15-6-2-7-16-30)48-45(47-43)36-20-12-21-39-42(36)37-27-31(24-26-38(37)49(39)33-17-8-3-9-18-33)32-23-25-35-34-19-10-11-22-40(34)50-41(35)28-32;1-3-13-25(14-4-1)37-40-38(42-39(41-37)30-20-12-24-34-36(30)28-18-8-10-23-33(28)44-34)29-19-11-22-32-35(29)27-17-7-9-21-31(27)43(32)26-15-5-2-6-16-26;1-4-13-23(14-5-1)31-34-32(24-15-6-2-7-16-24)36-33(35-31)27-20-12-22-29-30(27)26-19-10-11-21-28(26)37(29)25-17-8-3-9-18-25/h1-28H;1-24H;1-22H. The Morgan fingerprint density at radius 1 is 0.145 bits per heavy atom. The quantitative estimate of drug-likeness (QED) is 0.108. The second-order valence-corrected chi connectivity index (χ2v) is 32.2. The van der Waals surface area contributed by atoms with E-state index in [1.54, 1.807) is 0 Å². The van der Waals surface area contributed by atoms with Gasteiger partial charge in [-0.15, -0.1) is 0 Å². The van der Waals surface area contributed by atoms with Gasteiger partial charge in [0.15, 0.2) is 52.4 Å². The zero-order chi connectivity index (χ0) is 86.7. The molecule has 14 nitrogen and oxygen atoms in total. The number of fused-ring (bicyclic) bond motifs is 15. The van der Waals surface area contributed by atoms with Gasteiger partial charge in [-0.05, 0) is 120 Å². The van der Waals surface area contributed by atoms with Gasteiger partial charge < -0.3 is 22.5 Å². The Bertz CT molecular complexity index is 8710. The van der Waals surface area contributed by atoms with Crippen LogP contribution in [0.3, 0.4) is 0 Å². The van der Waals surface area contributed by atoms with Crippen molar-refractivity contribution in [3.63, 3.8) is 0 Å². The fourth-order valence-corrected chi connectivity index (χ4v) is 18.5. The maximum Gasteiger partial charge on any atom is 0.164 e. The number of aromatic nitrogens is 12. The van der Waals surface area contributed by atoms with Crippen molar-refractivity contribution in [2.24, 2.45) is 0 Å². The number of rotatable bonds is 13. The van der Waals surface area contributed by atoms with Gasteiger partial charge >= 0.3 is 0 Å². The molecule has 0 bridgehead atoms. The summed E-state index contributed by atoms with van der Waals surface area (Å²) < 4.78 is 19.5. The van der Waals surface area contributed by atoms with Crippen LogP contribution in [0.1, 0.15) is 0 Å². The van der Waals surface area contributed by atoms with Crippen LogP contribution in [0.4, 0.5) is 0 Å². The molecule has 0 saturated heterocycles. The Kier molecular flexibility index (Phi) is 19.2. The maximum atomic E-state index is 6.28. The van der Waals surface area contributed by atoms with E-state index in [2.05, 4.69) is 256 Å². The van der Waals surface area contributed by atoms with Crippen LogP contribution in [-0.2, 0) is 0 Å². The van der Waals surface area contributed by atoms with Crippen molar-refractivity contribution in [2.45, 2.75) is 0 Å². The SMILES string of the molecule is c1ccc(-c2nc(-c3cccc4oc5ccccc5c34)nc(-c3cccc4c3c3ccccc3n4-c3ccccc3)n2)cc1.c1ccc(-c2nc(-c3ccccc3)nc(-c3cccc4c3c3cc(-c5ccc6c(c5)oc5ccccc56)ccc3n4-c3ccccc3)n2)cc1.c1ccc(-c2nc(-c3ccccc3)nc(-c3cccc4c3c3ccccc3n4-c3ccccc3)n2)cc1. The molecule has 0 radical (unpaired) electrons. The van der Waals surface area contributed by atoms with Crippen LogP contribution in [-0.4, -0.2) is 58.6 Å². The summed E-state index contributed by atoms with van der Waals surface area (Å²) in [7, 11) is 0. The summed E-state index contributed by atoms with van der Waals surface area (Å²) >= 11 is 0. The number of nitrogens with zero attached hydrogens (tertiary/aromatic N) is 12. The number of hydrogen-bond donors (Lipinski definition) is 0. The smallest absolute Gasteiger partial charge is 0.164 e. The van der Waals surface area contributed by atoms with Crippen LogP contribution in [0.15, 0.2) is 458 Å². The Balaban J connectivity index is 0.000000110. The highest BCUT2D eigenvalue weighted by Gasteiger charge is 2.26. The molecule has 0 atom stereocenters. The molecule has 26 aromatic rings. The second-order valence-electron chi connectivity index (χ2n) is 32.2. The van der Waals surface area contributed by atoms with Gasteiger partial charge in [-0.3, -0.25) is 0 Å². The minimum absolute atomic E-state index is 0.606. The number of furan rings is 2. The molecule has 0 fully saturated rings. The first-order valence-electron chi connectivity index (χ1n) is 43.7. The van der Waals surface area contributed by atoms with Gasteiger partial charge in [-0.2, -0.15) is 0 Å². The predicted octanol–water partition coefficient (Wildman–Crippen LogP) is 29.4. The van der Waals surface area contributed by atoms with Crippen molar-refractivity contribution in [3.8, 4) is 131 Å². The molecule has 8 heterocycles. The summed E-state index contributed by atoms with van der Waals surface area (Å²) in [6.07, 6.45) is 0. The first kappa shape index (κ1) is 76.6. The molecule has 0 N–H and O–H groups in total. The molecular weight excluding hydrogens is 1610 g/mol. The average Bonchev–Trinajstić information content (AvgIpc) is 1.57. The number of hydrogen-bond acceptors (Lipinski definition) is 11. The molecule has 14 heteroatoms. The summed E-state index contributed by atoms with van der Waals surface area (Å²) in [5, 5.41) is 11.0. The zero-order valence-electron chi connectivity index (χ0n) is 70.4. The third kappa shape index (κ3) is 13.9. The van der Waals surface area contributed by atoms with Gasteiger partial charge in [0.1, 0.15) is 22.3 Å². The van der Waals surface area contributed by atoms with E-state index in [-0.39, 0.29) is 0 Å². The van der Waals surface area contributed by atoms with Crippen LogP contribution < -0.4 is 0 Å². The summed E-state index contributed by atoms with van der Waals surface area (Å²) in [5.74, 6) is 5.74. The highest BCUT2D eigenvalue weighted by Crippen LogP contribution is 2.46. The first-order valence-corrected chi connectivity index (χ1v) is 43.7. The van der Waals surface area contributed by atoms with Gasteiger partial charge in [0.2, 0.25) is 0 Å². The zero-order valence-corrected chi connectivity index (χ0v) is 70.4. The average molecular weight is 1680 g/mol. The van der Waals surface area contributed by atoms with Gasteiger partial charge in [0.05, 0.1) is 33.1 Å². The minimum Gasteiger partial charge on any atom is -0.456 e. The lowest BCUT2D eigenvalue weighted by Gasteiger charge is -2.11. The third-order valence-corrected chi connectivity index (χ3v) is 24.4. The predicted molar refractivity (Wildman–Crippen MR) is 531 cm³/mol. The van der Waals surface area contributed by atoms with E-state index < -0.39 is 0 Å². The Morgan fingerprint density at radius 2 is 0.405 bits per heavy atom. The molecule has 0 spiro atoms. The lowest BCUT2D eigenvalue weighted by atomic mass is 9.99. The summed E-state index contributed by atoms with van der Waals surface area (Å²) in [5.41, 5.74) is 24.1. The second kappa shape index (κ2) is 32.8. The molecule has 0 saturated carbocycles. The largest absolute Gasteiger partial charge is 0.456 e. The highest BCUT2D eigenvalue weighted by atomic mass is 16.3. The molecule has 614 valence electrons. The molecule has 0 aliphatic heterocycles. The Morgan fingerprint density at radius 3 is 0.809 bits per heavy atom. The topological polar surface area (TPSA) is 157 Å². The van der Waals surface area contributed by atoms with Crippen molar-refractivity contribution in [3.05, 3.63) is 449 Å². The molecule has 26 rings (SSSR count). The molecule has 8 aromatic heterocycles. The van der Waals surface area contributed by atoms with Gasteiger partial charge in [0.25, 0.3) is 0 Å². The number of para-hydroxylation sites is 7. The van der Waals surface area contributed by atoms with Gasteiger partial charge in [0, 0.05) is 121 Å². The summed E-state index contributed by atoms with van der Waals surface area (Å²) in [6.45, 7) is 0. The number of benzene rings is 18. The normalized spacial score (nSPS) is 11.5. The summed E-state index contributed by atoms with van der Waals surface area (Å²) in [4.78, 5) is 45.5. The Labute approximate surface area is 751 Å². The fraction of sp³-hybridized carbons (Fsp3) is 0. The van der Waals surface area contributed by atoms with E-state index in [0.29, 0.717) is 52.4 Å². The van der Waals surface area contributed by atoms with Crippen LogP contribution in [0, 0.1) is 0 Å². The maximum absolute atomic E-state index is 6.28. The molecule has 0 aliphatic rings. The van der Waals surface area contributed by atoms with E-state index in [9.17, 15) is 0 Å². The molecule has 131 heavy (non-hydrogen) atoms. The Hall–Kier alpha value is -18.0. The van der Waals surface area contributed by atoms with Crippen LogP contribution in [0.5, 0.6) is 0 Å². The molecule has 18 aromatic carbocycles. The van der Waals surface area contributed by atoms with Crippen molar-refractivity contribution < 1.29 is 8.83 Å². The van der Waals surface area contributed by atoms with Crippen molar-refractivity contribution >= 4 is 109 Å². The third-order valence-electron chi connectivity index (χ3n) is 24.4. The van der Waals surface area contributed by atoms with E-state index in [1.807, 2.05) is 206 Å². The van der Waals surface area contributed by atoms with Gasteiger partial charge in [-0.1, -0.05) is 340 Å². The highest BCUT2D eigenvalue weighted by molar-refractivity contribution is 6.19. The first-order chi connectivity index (χ1) is 65.0. The lowest BCUT2D eigenvalue weighted by molar-refractivity contribution is 0.668. The van der Waals surface area contributed by atoms with Crippen LogP contribution in [0.2, 0.25) is 0 Å². The van der Waals surface area contributed by atoms with E-state index in [0.717, 1.165) is 182 Å². The molecular formula is C117H74N12O2. The molecule has 0 amide bonds. The van der Waals surface area contributed by atoms with E-state index >= 15 is 0 Å². The van der Waals surface area contributed by atoms with Crippen LogP contribution >= 0.6 is 0 Å². The monoisotopic (exact) mass is 1680 g/mol. The van der Waals surface area contributed by atoms with Crippen LogP contribution in [0.25, 0.3) is 240 Å². The lowest BCUT2D eigenvalue weighted by Crippen LogP contribution is -2.01. The summed E-state index contributed by atoms with van der Waals surface area (Å²) in [6, 6.07) is 154. The minimum atomic E-state index is 0.606. The van der Waals surface area contributed by atoms with Gasteiger partial charge in [-0.25, -0.2) is 44.9 Å². The molecule has 0 unspecified atom stereocenters. The van der Waals surface area contributed by atoms with E-state index in [1.165, 1.54) is 5.39 Å². The fourth-order valence-electron chi connectivity index (χ4n) is 18.5. The van der Waals surface area contributed by atoms with E-state index in [4.69, 9.17) is 53.7 Å². The van der Waals surface area contributed by atoms with Crippen molar-refractivity contribution in [2.75, 3.05) is 0 Å². The van der Waals surface area contributed by atoms with Crippen molar-refractivity contribution in [1.29, 1.82) is 0 Å². The van der Waals surface area contributed by atoms with Crippen molar-refractivity contribution in [1.82, 2.24) is 58.6 Å².